The van der Waals surface area contributed by atoms with Crippen LogP contribution >= 0.6 is 0 Å². The number of methoxy groups -OCH3 is 1. The Kier molecular flexibility index (Phi) is 6.14. The molecule has 0 spiro atoms. The first-order chi connectivity index (χ1) is 10.2. The lowest BCUT2D eigenvalue weighted by atomic mass is 9.92. The van der Waals surface area contributed by atoms with Crippen molar-refractivity contribution in [2.24, 2.45) is 5.92 Å². The van der Waals surface area contributed by atoms with Gasteiger partial charge in [0.25, 0.3) is 5.91 Å². The standard InChI is InChI=1S/C16H24N2O3/c1-13-6-8-18(14(11-13)12-21-10-9-20-2)16(19)15-5-3-4-7-17-15/h3-5,7,13-14H,6,8-12H2,1-2H3. The molecule has 116 valence electrons. The fourth-order valence-corrected chi connectivity index (χ4v) is 2.68. The van der Waals surface area contributed by atoms with Crippen LogP contribution in [0.2, 0.25) is 0 Å². The largest absolute Gasteiger partial charge is 0.382 e. The number of likely N-dealkylation sites (tertiary alicyclic amines) is 1. The highest BCUT2D eigenvalue weighted by Crippen LogP contribution is 2.24. The summed E-state index contributed by atoms with van der Waals surface area (Å²) in [5, 5.41) is 0. The highest BCUT2D eigenvalue weighted by atomic mass is 16.5. The minimum Gasteiger partial charge on any atom is -0.382 e. The first-order valence-corrected chi connectivity index (χ1v) is 7.51. The minimum atomic E-state index is 0.00263. The molecule has 0 N–H and O–H groups in total. The highest BCUT2D eigenvalue weighted by Gasteiger charge is 2.31. The number of pyridine rings is 1. The number of piperidine rings is 1. The van der Waals surface area contributed by atoms with Crippen molar-refractivity contribution < 1.29 is 14.3 Å². The molecule has 1 aliphatic rings. The van der Waals surface area contributed by atoms with Gasteiger partial charge in [-0.15, -0.1) is 0 Å². The quantitative estimate of drug-likeness (QED) is 0.752. The van der Waals surface area contributed by atoms with Crippen LogP contribution in [-0.2, 0) is 9.47 Å². The third-order valence-electron chi connectivity index (χ3n) is 3.86. The number of nitrogens with zero attached hydrogens (tertiary/aromatic N) is 2. The Bertz CT molecular complexity index is 438. The molecular weight excluding hydrogens is 268 g/mol. The molecule has 0 aromatic carbocycles. The zero-order valence-electron chi connectivity index (χ0n) is 12.8. The molecule has 1 aromatic heterocycles. The summed E-state index contributed by atoms with van der Waals surface area (Å²) in [5.74, 6) is 0.622. The van der Waals surface area contributed by atoms with E-state index < -0.39 is 0 Å². The highest BCUT2D eigenvalue weighted by molar-refractivity contribution is 5.92. The maximum absolute atomic E-state index is 12.6. The van der Waals surface area contributed by atoms with E-state index in [-0.39, 0.29) is 11.9 Å². The number of carbonyl (C=O) groups is 1. The first-order valence-electron chi connectivity index (χ1n) is 7.51. The molecule has 0 radical (unpaired) electrons. The van der Waals surface area contributed by atoms with E-state index in [2.05, 4.69) is 11.9 Å². The van der Waals surface area contributed by atoms with Gasteiger partial charge in [0, 0.05) is 19.9 Å². The molecule has 2 rings (SSSR count). The summed E-state index contributed by atoms with van der Waals surface area (Å²) >= 11 is 0. The number of hydrogen-bond acceptors (Lipinski definition) is 4. The smallest absolute Gasteiger partial charge is 0.272 e. The fraction of sp³-hybridized carbons (Fsp3) is 0.625. The van der Waals surface area contributed by atoms with Gasteiger partial charge in [-0.1, -0.05) is 13.0 Å². The van der Waals surface area contributed by atoms with Gasteiger partial charge in [0.2, 0.25) is 0 Å². The third-order valence-corrected chi connectivity index (χ3v) is 3.86. The molecule has 1 amide bonds. The second-order valence-electron chi connectivity index (χ2n) is 5.56. The molecular formula is C16H24N2O3. The molecule has 5 heteroatoms. The Balaban J connectivity index is 1.98. The molecule has 1 fully saturated rings. The molecule has 2 heterocycles. The summed E-state index contributed by atoms with van der Waals surface area (Å²) in [6, 6.07) is 5.56. The molecule has 0 aliphatic carbocycles. The lowest BCUT2D eigenvalue weighted by molar-refractivity contribution is 0.00970. The van der Waals surface area contributed by atoms with Crippen LogP contribution < -0.4 is 0 Å². The van der Waals surface area contributed by atoms with Crippen molar-refractivity contribution in [3.05, 3.63) is 30.1 Å². The summed E-state index contributed by atoms with van der Waals surface area (Å²) in [5.41, 5.74) is 0.508. The Morgan fingerprint density at radius 2 is 2.29 bits per heavy atom. The molecule has 2 atom stereocenters. The van der Waals surface area contributed by atoms with Crippen LogP contribution in [0.5, 0.6) is 0 Å². The molecule has 21 heavy (non-hydrogen) atoms. The van der Waals surface area contributed by atoms with Crippen LogP contribution in [0.3, 0.4) is 0 Å². The van der Waals surface area contributed by atoms with E-state index in [4.69, 9.17) is 9.47 Å². The summed E-state index contributed by atoms with van der Waals surface area (Å²) in [7, 11) is 1.66. The van der Waals surface area contributed by atoms with Gasteiger partial charge in [-0.25, -0.2) is 0 Å². The van der Waals surface area contributed by atoms with Gasteiger partial charge in [0.15, 0.2) is 0 Å². The van der Waals surface area contributed by atoms with Gasteiger partial charge >= 0.3 is 0 Å². The van der Waals surface area contributed by atoms with Crippen LogP contribution in [-0.4, -0.2) is 55.3 Å². The molecule has 1 saturated heterocycles. The minimum absolute atomic E-state index is 0.00263. The number of aromatic nitrogens is 1. The van der Waals surface area contributed by atoms with Crippen molar-refractivity contribution in [1.29, 1.82) is 0 Å². The topological polar surface area (TPSA) is 51.7 Å². The zero-order chi connectivity index (χ0) is 15.1. The van der Waals surface area contributed by atoms with Gasteiger partial charge in [0.05, 0.1) is 25.9 Å². The number of carbonyl (C=O) groups excluding carboxylic acids is 1. The second-order valence-corrected chi connectivity index (χ2v) is 5.56. The Morgan fingerprint density at radius 1 is 1.43 bits per heavy atom. The van der Waals surface area contributed by atoms with Crippen molar-refractivity contribution >= 4 is 5.91 Å². The van der Waals surface area contributed by atoms with Crippen LogP contribution in [0.4, 0.5) is 0 Å². The van der Waals surface area contributed by atoms with Crippen LogP contribution in [0.1, 0.15) is 30.3 Å². The lowest BCUT2D eigenvalue weighted by Gasteiger charge is -2.38. The average Bonchev–Trinajstić information content (AvgIpc) is 2.52. The van der Waals surface area contributed by atoms with Crippen molar-refractivity contribution in [3.63, 3.8) is 0 Å². The summed E-state index contributed by atoms with van der Waals surface area (Å²) in [6.45, 7) is 4.70. The maximum Gasteiger partial charge on any atom is 0.272 e. The molecule has 0 saturated carbocycles. The van der Waals surface area contributed by atoms with E-state index in [1.165, 1.54) is 0 Å². The van der Waals surface area contributed by atoms with Gasteiger partial charge in [-0.2, -0.15) is 0 Å². The molecule has 2 unspecified atom stereocenters. The average molecular weight is 292 g/mol. The summed E-state index contributed by atoms with van der Waals surface area (Å²) in [4.78, 5) is 18.7. The Morgan fingerprint density at radius 3 is 3.00 bits per heavy atom. The van der Waals surface area contributed by atoms with Crippen LogP contribution in [0, 0.1) is 5.92 Å². The third kappa shape index (κ3) is 4.51. The van der Waals surface area contributed by atoms with Crippen LogP contribution in [0.15, 0.2) is 24.4 Å². The van der Waals surface area contributed by atoms with Gasteiger partial charge in [-0.3, -0.25) is 9.78 Å². The molecule has 5 nitrogen and oxygen atoms in total. The number of ether oxygens (including phenoxy) is 2. The van der Waals surface area contributed by atoms with E-state index in [1.54, 1.807) is 19.4 Å². The Labute approximate surface area is 126 Å². The van der Waals surface area contributed by atoms with Crippen molar-refractivity contribution in [3.8, 4) is 0 Å². The number of rotatable bonds is 6. The van der Waals surface area contributed by atoms with E-state index in [0.29, 0.717) is 31.4 Å². The fourth-order valence-electron chi connectivity index (χ4n) is 2.68. The van der Waals surface area contributed by atoms with Gasteiger partial charge < -0.3 is 14.4 Å². The molecule has 0 bridgehead atoms. The number of amides is 1. The predicted octanol–water partition coefficient (Wildman–Crippen LogP) is 1.99. The van der Waals surface area contributed by atoms with Crippen molar-refractivity contribution in [1.82, 2.24) is 9.88 Å². The van der Waals surface area contributed by atoms with Gasteiger partial charge in [0.1, 0.15) is 5.69 Å². The monoisotopic (exact) mass is 292 g/mol. The maximum atomic E-state index is 12.6. The second kappa shape index (κ2) is 8.10. The van der Waals surface area contributed by atoms with Crippen LogP contribution in [0.25, 0.3) is 0 Å². The van der Waals surface area contributed by atoms with E-state index in [1.807, 2.05) is 17.0 Å². The molecule has 1 aromatic rings. The normalized spacial score (nSPS) is 22.3. The number of hydrogen-bond donors (Lipinski definition) is 0. The van der Waals surface area contributed by atoms with E-state index in [9.17, 15) is 4.79 Å². The van der Waals surface area contributed by atoms with Crippen molar-refractivity contribution in [2.45, 2.75) is 25.8 Å². The van der Waals surface area contributed by atoms with E-state index in [0.717, 1.165) is 19.4 Å². The Hall–Kier alpha value is -1.46. The summed E-state index contributed by atoms with van der Waals surface area (Å²) in [6.07, 6.45) is 3.67. The first kappa shape index (κ1) is 15.9. The lowest BCUT2D eigenvalue weighted by Crippen LogP contribution is -2.48. The molecule has 1 aliphatic heterocycles. The zero-order valence-corrected chi connectivity index (χ0v) is 12.8. The van der Waals surface area contributed by atoms with Gasteiger partial charge in [-0.05, 0) is 30.9 Å². The summed E-state index contributed by atoms with van der Waals surface area (Å²) < 4.78 is 10.6. The van der Waals surface area contributed by atoms with E-state index >= 15 is 0 Å². The SMILES string of the molecule is COCCOCC1CC(C)CCN1C(=O)c1ccccn1. The predicted molar refractivity (Wildman–Crippen MR) is 80.2 cm³/mol. The van der Waals surface area contributed by atoms with Crippen molar-refractivity contribution in [2.75, 3.05) is 33.5 Å².